The maximum atomic E-state index is 10.2. The van der Waals surface area contributed by atoms with E-state index in [2.05, 4.69) is 6.92 Å². The molecule has 3 nitrogen and oxygen atoms in total. The van der Waals surface area contributed by atoms with E-state index in [1.165, 1.54) is 0 Å². The molecule has 0 saturated carbocycles. The molecule has 1 aromatic carbocycles. The lowest BCUT2D eigenvalue weighted by Gasteiger charge is -2.18. The summed E-state index contributed by atoms with van der Waals surface area (Å²) in [7, 11) is 1.68. The summed E-state index contributed by atoms with van der Waals surface area (Å²) < 4.78 is 10.6. The van der Waals surface area contributed by atoms with Crippen molar-refractivity contribution in [2.24, 2.45) is 5.92 Å². The van der Waals surface area contributed by atoms with Gasteiger partial charge in [0, 0.05) is 19.3 Å². The van der Waals surface area contributed by atoms with Gasteiger partial charge in [-0.05, 0) is 25.3 Å². The monoisotopic (exact) mass is 238 g/mol. The Hall–Kier alpha value is -1.06. The molecule has 0 aliphatic carbocycles. The van der Waals surface area contributed by atoms with E-state index in [-0.39, 0.29) is 0 Å². The van der Waals surface area contributed by atoms with E-state index >= 15 is 0 Å². The van der Waals surface area contributed by atoms with Crippen LogP contribution in [0.2, 0.25) is 0 Å². The van der Waals surface area contributed by atoms with Gasteiger partial charge in [0.25, 0.3) is 0 Å². The van der Waals surface area contributed by atoms with E-state index in [9.17, 15) is 5.11 Å². The zero-order valence-corrected chi connectivity index (χ0v) is 10.8. The standard InChI is InChI=1S/C14H22O3/c1-4-17-14-8-6-5-7-12(14)13(15)9-11(2)10-16-3/h5-8,11,13,15H,4,9-10H2,1-3H3. The number of aliphatic hydroxyl groups is 1. The maximum absolute atomic E-state index is 10.2. The Morgan fingerprint density at radius 2 is 2.00 bits per heavy atom. The molecular weight excluding hydrogens is 216 g/mol. The van der Waals surface area contributed by atoms with Gasteiger partial charge in [-0.1, -0.05) is 25.1 Å². The average Bonchev–Trinajstić information content (AvgIpc) is 2.30. The molecule has 0 spiro atoms. The first kappa shape index (κ1) is 14.0. The van der Waals surface area contributed by atoms with Crippen LogP contribution >= 0.6 is 0 Å². The number of hydrogen-bond acceptors (Lipinski definition) is 3. The minimum absolute atomic E-state index is 0.324. The molecule has 0 amide bonds. The number of benzene rings is 1. The first-order valence-corrected chi connectivity index (χ1v) is 6.07. The van der Waals surface area contributed by atoms with Gasteiger partial charge in [0.15, 0.2) is 0 Å². The van der Waals surface area contributed by atoms with E-state index in [1.54, 1.807) is 7.11 Å². The van der Waals surface area contributed by atoms with Crippen LogP contribution in [0.1, 0.15) is 31.9 Å². The fourth-order valence-electron chi connectivity index (χ4n) is 1.90. The molecule has 0 saturated heterocycles. The quantitative estimate of drug-likeness (QED) is 0.794. The lowest BCUT2D eigenvalue weighted by atomic mass is 9.98. The van der Waals surface area contributed by atoms with E-state index in [4.69, 9.17) is 9.47 Å². The van der Waals surface area contributed by atoms with Crippen LogP contribution in [0.3, 0.4) is 0 Å². The zero-order chi connectivity index (χ0) is 12.7. The first-order valence-electron chi connectivity index (χ1n) is 6.07. The third kappa shape index (κ3) is 4.36. The second kappa shape index (κ2) is 7.30. The molecule has 2 unspecified atom stereocenters. The predicted molar refractivity (Wildman–Crippen MR) is 68.2 cm³/mol. The van der Waals surface area contributed by atoms with Crippen molar-refractivity contribution in [1.29, 1.82) is 0 Å². The molecule has 2 atom stereocenters. The largest absolute Gasteiger partial charge is 0.493 e. The van der Waals surface area contributed by atoms with Crippen LogP contribution in [-0.2, 0) is 4.74 Å². The summed E-state index contributed by atoms with van der Waals surface area (Å²) in [4.78, 5) is 0. The van der Waals surface area contributed by atoms with Crippen molar-refractivity contribution < 1.29 is 14.6 Å². The highest BCUT2D eigenvalue weighted by molar-refractivity contribution is 5.35. The number of hydrogen-bond donors (Lipinski definition) is 1. The van der Waals surface area contributed by atoms with Crippen LogP contribution in [0.4, 0.5) is 0 Å². The molecule has 0 heterocycles. The molecule has 96 valence electrons. The lowest BCUT2D eigenvalue weighted by Crippen LogP contribution is -2.10. The Morgan fingerprint density at radius 3 is 2.65 bits per heavy atom. The van der Waals surface area contributed by atoms with Crippen molar-refractivity contribution >= 4 is 0 Å². The third-order valence-electron chi connectivity index (χ3n) is 2.65. The number of rotatable bonds is 7. The molecule has 0 bridgehead atoms. The first-order chi connectivity index (χ1) is 8.19. The topological polar surface area (TPSA) is 38.7 Å². The van der Waals surface area contributed by atoms with Gasteiger partial charge in [0.1, 0.15) is 5.75 Å². The van der Waals surface area contributed by atoms with Crippen molar-refractivity contribution in [2.45, 2.75) is 26.4 Å². The minimum atomic E-state index is -0.497. The van der Waals surface area contributed by atoms with Crippen molar-refractivity contribution in [2.75, 3.05) is 20.3 Å². The van der Waals surface area contributed by atoms with Gasteiger partial charge in [0.05, 0.1) is 12.7 Å². The van der Waals surface area contributed by atoms with E-state index in [1.807, 2.05) is 31.2 Å². The fraction of sp³-hybridized carbons (Fsp3) is 0.571. The normalized spacial score (nSPS) is 14.4. The maximum Gasteiger partial charge on any atom is 0.125 e. The van der Waals surface area contributed by atoms with Crippen molar-refractivity contribution in [3.63, 3.8) is 0 Å². The highest BCUT2D eigenvalue weighted by Crippen LogP contribution is 2.29. The average molecular weight is 238 g/mol. The molecule has 17 heavy (non-hydrogen) atoms. The third-order valence-corrected chi connectivity index (χ3v) is 2.65. The second-order valence-electron chi connectivity index (χ2n) is 4.28. The van der Waals surface area contributed by atoms with Crippen molar-refractivity contribution in [3.05, 3.63) is 29.8 Å². The summed E-state index contributed by atoms with van der Waals surface area (Å²) in [5.41, 5.74) is 0.859. The fourth-order valence-corrected chi connectivity index (χ4v) is 1.90. The molecule has 1 aromatic rings. The van der Waals surface area contributed by atoms with Crippen molar-refractivity contribution in [3.8, 4) is 5.75 Å². The molecule has 0 aromatic heterocycles. The summed E-state index contributed by atoms with van der Waals surface area (Å²) in [6.07, 6.45) is 0.181. The van der Waals surface area contributed by atoms with Gasteiger partial charge in [-0.3, -0.25) is 0 Å². The molecule has 0 aliphatic heterocycles. The SMILES string of the molecule is CCOc1ccccc1C(O)CC(C)COC. The van der Waals surface area contributed by atoms with E-state index in [0.29, 0.717) is 25.6 Å². The summed E-state index contributed by atoms with van der Waals surface area (Å²) in [6, 6.07) is 7.64. The Bertz CT molecular complexity index is 325. The molecule has 3 heteroatoms. The smallest absolute Gasteiger partial charge is 0.125 e. The Labute approximate surface area is 103 Å². The number of aliphatic hydroxyl groups excluding tert-OH is 1. The molecular formula is C14H22O3. The summed E-state index contributed by atoms with van der Waals surface area (Å²) in [5.74, 6) is 1.09. The summed E-state index contributed by atoms with van der Waals surface area (Å²) in [5, 5.41) is 10.2. The Morgan fingerprint density at radius 1 is 1.29 bits per heavy atom. The lowest BCUT2D eigenvalue weighted by molar-refractivity contribution is 0.0998. The minimum Gasteiger partial charge on any atom is -0.493 e. The highest BCUT2D eigenvalue weighted by atomic mass is 16.5. The van der Waals surface area contributed by atoms with Gasteiger partial charge >= 0.3 is 0 Å². The molecule has 0 aliphatic rings. The number of methoxy groups -OCH3 is 1. The Kier molecular flexibility index (Phi) is 6.01. The van der Waals surface area contributed by atoms with Crippen LogP contribution in [0.5, 0.6) is 5.75 Å². The van der Waals surface area contributed by atoms with Crippen LogP contribution < -0.4 is 4.74 Å². The van der Waals surface area contributed by atoms with Crippen LogP contribution in [0.15, 0.2) is 24.3 Å². The second-order valence-corrected chi connectivity index (χ2v) is 4.28. The Balaban J connectivity index is 2.70. The number of ether oxygens (including phenoxy) is 2. The van der Waals surface area contributed by atoms with Gasteiger partial charge in [0.2, 0.25) is 0 Å². The van der Waals surface area contributed by atoms with Gasteiger partial charge in [-0.15, -0.1) is 0 Å². The molecule has 0 fully saturated rings. The van der Waals surface area contributed by atoms with E-state index < -0.39 is 6.10 Å². The summed E-state index contributed by atoms with van der Waals surface area (Å²) >= 11 is 0. The van der Waals surface area contributed by atoms with Crippen LogP contribution in [0.25, 0.3) is 0 Å². The van der Waals surface area contributed by atoms with Gasteiger partial charge < -0.3 is 14.6 Å². The summed E-state index contributed by atoms with van der Waals surface area (Å²) in [6.45, 7) is 5.28. The van der Waals surface area contributed by atoms with Crippen LogP contribution in [0, 0.1) is 5.92 Å². The van der Waals surface area contributed by atoms with Gasteiger partial charge in [-0.2, -0.15) is 0 Å². The van der Waals surface area contributed by atoms with Crippen LogP contribution in [-0.4, -0.2) is 25.4 Å². The zero-order valence-electron chi connectivity index (χ0n) is 10.8. The predicted octanol–water partition coefficient (Wildman–Crippen LogP) is 2.79. The molecule has 1 N–H and O–H groups in total. The highest BCUT2D eigenvalue weighted by Gasteiger charge is 2.16. The van der Waals surface area contributed by atoms with Crippen molar-refractivity contribution in [1.82, 2.24) is 0 Å². The van der Waals surface area contributed by atoms with E-state index in [0.717, 1.165) is 11.3 Å². The molecule has 1 rings (SSSR count). The van der Waals surface area contributed by atoms with Gasteiger partial charge in [-0.25, -0.2) is 0 Å². The number of para-hydroxylation sites is 1. The molecule has 0 radical (unpaired) electrons.